The van der Waals surface area contributed by atoms with Crippen molar-refractivity contribution in [3.05, 3.63) is 0 Å². The van der Waals surface area contributed by atoms with Gasteiger partial charge in [-0.1, -0.05) is 0 Å². The third kappa shape index (κ3) is 3.03. The third-order valence-electron chi connectivity index (χ3n) is 2.44. The van der Waals surface area contributed by atoms with Gasteiger partial charge in [-0.15, -0.1) is 0 Å². The van der Waals surface area contributed by atoms with Crippen molar-refractivity contribution in [3.8, 4) is 6.07 Å². The summed E-state index contributed by atoms with van der Waals surface area (Å²) in [6.45, 7) is 1.53. The average Bonchev–Trinajstić information content (AvgIpc) is 2.49. The number of carboxylic acid groups (broad SMARTS) is 1. The van der Waals surface area contributed by atoms with E-state index in [2.05, 4.69) is 11.0 Å². The van der Waals surface area contributed by atoms with E-state index in [0.29, 0.717) is 19.0 Å². The van der Waals surface area contributed by atoms with Gasteiger partial charge in [0.1, 0.15) is 0 Å². The standard InChI is InChI=1S/C9H14N2O2/c10-5-3-8-2-1-6-11(8)7-4-9(12)13/h8H,1-4,6-7H2,(H,12,13). The van der Waals surface area contributed by atoms with Crippen molar-refractivity contribution in [2.45, 2.75) is 31.7 Å². The lowest BCUT2D eigenvalue weighted by Crippen LogP contribution is -2.31. The highest BCUT2D eigenvalue weighted by molar-refractivity contribution is 5.66. The van der Waals surface area contributed by atoms with Crippen molar-refractivity contribution in [1.29, 1.82) is 5.26 Å². The van der Waals surface area contributed by atoms with Crippen LogP contribution < -0.4 is 0 Å². The molecule has 1 aliphatic heterocycles. The Kier molecular flexibility index (Phi) is 3.71. The van der Waals surface area contributed by atoms with Crippen LogP contribution in [0, 0.1) is 11.3 Å². The minimum absolute atomic E-state index is 0.182. The average molecular weight is 182 g/mol. The Morgan fingerprint density at radius 2 is 2.46 bits per heavy atom. The second-order valence-corrected chi connectivity index (χ2v) is 3.34. The number of hydrogen-bond donors (Lipinski definition) is 1. The molecule has 0 spiro atoms. The lowest BCUT2D eigenvalue weighted by Gasteiger charge is -2.20. The Morgan fingerprint density at radius 3 is 3.08 bits per heavy atom. The van der Waals surface area contributed by atoms with E-state index in [4.69, 9.17) is 10.4 Å². The summed E-state index contributed by atoms with van der Waals surface area (Å²) in [7, 11) is 0. The summed E-state index contributed by atoms with van der Waals surface area (Å²) in [6, 6.07) is 2.43. The zero-order chi connectivity index (χ0) is 9.68. The van der Waals surface area contributed by atoms with Gasteiger partial charge < -0.3 is 5.11 Å². The van der Waals surface area contributed by atoms with E-state index in [1.807, 2.05) is 0 Å². The van der Waals surface area contributed by atoms with Crippen molar-refractivity contribution in [2.75, 3.05) is 13.1 Å². The number of nitriles is 1. The van der Waals surface area contributed by atoms with Gasteiger partial charge in [0.2, 0.25) is 0 Å². The largest absolute Gasteiger partial charge is 0.481 e. The molecule has 13 heavy (non-hydrogen) atoms. The summed E-state index contributed by atoms with van der Waals surface area (Å²) in [6.07, 6.45) is 2.83. The molecule has 0 aromatic heterocycles. The zero-order valence-corrected chi connectivity index (χ0v) is 7.57. The smallest absolute Gasteiger partial charge is 0.304 e. The fraction of sp³-hybridized carbons (Fsp3) is 0.778. The van der Waals surface area contributed by atoms with Gasteiger partial charge in [-0.3, -0.25) is 9.69 Å². The van der Waals surface area contributed by atoms with Gasteiger partial charge in [0.15, 0.2) is 0 Å². The summed E-state index contributed by atoms with van der Waals surface area (Å²) in [4.78, 5) is 12.4. The quantitative estimate of drug-likeness (QED) is 0.699. The maximum Gasteiger partial charge on any atom is 0.304 e. The Bertz CT molecular complexity index is 222. The van der Waals surface area contributed by atoms with E-state index in [1.54, 1.807) is 0 Å². The van der Waals surface area contributed by atoms with Crippen LogP contribution in [0.4, 0.5) is 0 Å². The number of carbonyl (C=O) groups is 1. The summed E-state index contributed by atoms with van der Waals surface area (Å²) in [5.74, 6) is -0.761. The first-order valence-corrected chi connectivity index (χ1v) is 4.57. The van der Waals surface area contributed by atoms with Crippen molar-refractivity contribution >= 4 is 5.97 Å². The topological polar surface area (TPSA) is 64.3 Å². The fourth-order valence-electron chi connectivity index (χ4n) is 1.77. The van der Waals surface area contributed by atoms with Gasteiger partial charge in [-0.25, -0.2) is 0 Å². The Hall–Kier alpha value is -1.08. The van der Waals surface area contributed by atoms with Crippen molar-refractivity contribution in [1.82, 2.24) is 4.90 Å². The van der Waals surface area contributed by atoms with E-state index in [9.17, 15) is 4.79 Å². The third-order valence-corrected chi connectivity index (χ3v) is 2.44. The van der Waals surface area contributed by atoms with Gasteiger partial charge in [-0.2, -0.15) is 5.26 Å². The zero-order valence-electron chi connectivity index (χ0n) is 7.57. The monoisotopic (exact) mass is 182 g/mol. The van der Waals surface area contributed by atoms with Crippen LogP contribution in [-0.2, 0) is 4.79 Å². The molecular weight excluding hydrogens is 168 g/mol. The second-order valence-electron chi connectivity index (χ2n) is 3.34. The summed E-state index contributed by atoms with van der Waals surface area (Å²) < 4.78 is 0. The first-order chi connectivity index (χ1) is 6.24. The maximum atomic E-state index is 10.3. The first-order valence-electron chi connectivity index (χ1n) is 4.57. The molecule has 4 heteroatoms. The van der Waals surface area contributed by atoms with Gasteiger partial charge in [0, 0.05) is 12.6 Å². The van der Waals surface area contributed by atoms with Crippen LogP contribution in [-0.4, -0.2) is 35.1 Å². The van der Waals surface area contributed by atoms with Crippen LogP contribution in [0.3, 0.4) is 0 Å². The van der Waals surface area contributed by atoms with Gasteiger partial charge in [-0.05, 0) is 19.4 Å². The summed E-state index contributed by atoms with van der Waals surface area (Å²) in [5.41, 5.74) is 0. The van der Waals surface area contributed by atoms with Crippen LogP contribution in [0.5, 0.6) is 0 Å². The molecule has 0 aliphatic carbocycles. The van der Waals surface area contributed by atoms with Gasteiger partial charge in [0.25, 0.3) is 0 Å². The van der Waals surface area contributed by atoms with Crippen LogP contribution >= 0.6 is 0 Å². The van der Waals surface area contributed by atoms with Crippen LogP contribution in [0.1, 0.15) is 25.7 Å². The number of rotatable bonds is 4. The van der Waals surface area contributed by atoms with Crippen LogP contribution in [0.2, 0.25) is 0 Å². The summed E-state index contributed by atoms with van der Waals surface area (Å²) in [5, 5.41) is 17.0. The van der Waals surface area contributed by atoms with E-state index in [-0.39, 0.29) is 6.42 Å². The van der Waals surface area contributed by atoms with Crippen molar-refractivity contribution in [2.24, 2.45) is 0 Å². The van der Waals surface area contributed by atoms with Gasteiger partial charge in [0.05, 0.1) is 18.9 Å². The SMILES string of the molecule is N#CCC1CCCN1CCC(=O)O. The second kappa shape index (κ2) is 4.83. The van der Waals surface area contributed by atoms with Crippen LogP contribution in [0.25, 0.3) is 0 Å². The molecule has 0 aromatic carbocycles. The predicted octanol–water partition coefficient (Wildman–Crippen LogP) is 0.839. The minimum atomic E-state index is -0.761. The molecule has 1 rings (SSSR count). The number of hydrogen-bond acceptors (Lipinski definition) is 3. The van der Waals surface area contributed by atoms with Crippen molar-refractivity contribution in [3.63, 3.8) is 0 Å². The van der Waals surface area contributed by atoms with Crippen LogP contribution in [0.15, 0.2) is 0 Å². The Morgan fingerprint density at radius 1 is 1.69 bits per heavy atom. The molecular formula is C9H14N2O2. The lowest BCUT2D eigenvalue weighted by atomic mass is 10.1. The molecule has 1 atom stereocenters. The maximum absolute atomic E-state index is 10.3. The molecule has 1 heterocycles. The lowest BCUT2D eigenvalue weighted by molar-refractivity contribution is -0.137. The number of aliphatic carboxylic acids is 1. The molecule has 1 saturated heterocycles. The minimum Gasteiger partial charge on any atom is -0.481 e. The highest BCUT2D eigenvalue weighted by atomic mass is 16.4. The fourth-order valence-corrected chi connectivity index (χ4v) is 1.77. The first kappa shape index (κ1) is 10.0. The molecule has 1 fully saturated rings. The molecule has 0 radical (unpaired) electrons. The highest BCUT2D eigenvalue weighted by Gasteiger charge is 2.23. The van der Waals surface area contributed by atoms with E-state index < -0.39 is 5.97 Å². The number of nitrogens with zero attached hydrogens (tertiary/aromatic N) is 2. The molecule has 1 unspecified atom stereocenters. The molecule has 1 aliphatic rings. The molecule has 72 valence electrons. The molecule has 0 bridgehead atoms. The highest BCUT2D eigenvalue weighted by Crippen LogP contribution is 2.19. The Labute approximate surface area is 77.8 Å². The Balaban J connectivity index is 2.31. The van der Waals surface area contributed by atoms with E-state index in [0.717, 1.165) is 19.4 Å². The molecule has 0 saturated carbocycles. The normalized spacial score (nSPS) is 22.8. The van der Waals surface area contributed by atoms with Crippen molar-refractivity contribution < 1.29 is 9.90 Å². The predicted molar refractivity (Wildman–Crippen MR) is 47.1 cm³/mol. The molecule has 4 nitrogen and oxygen atoms in total. The van der Waals surface area contributed by atoms with E-state index >= 15 is 0 Å². The number of carboxylic acids is 1. The number of likely N-dealkylation sites (tertiary alicyclic amines) is 1. The molecule has 0 aromatic rings. The molecule has 1 N–H and O–H groups in total. The van der Waals surface area contributed by atoms with E-state index in [1.165, 1.54) is 0 Å². The molecule has 0 amide bonds. The van der Waals surface area contributed by atoms with Gasteiger partial charge >= 0.3 is 5.97 Å². The summed E-state index contributed by atoms with van der Waals surface area (Å²) >= 11 is 0.